The lowest BCUT2D eigenvalue weighted by atomic mass is 10.1. The predicted octanol–water partition coefficient (Wildman–Crippen LogP) is 1.43. The summed E-state index contributed by atoms with van der Waals surface area (Å²) in [5.74, 6) is 0.208. The van der Waals surface area contributed by atoms with Crippen LogP contribution in [0.15, 0.2) is 30.3 Å². The number of hydrogen-bond acceptors (Lipinski definition) is 4. The van der Waals surface area contributed by atoms with Crippen molar-refractivity contribution >= 4 is 5.91 Å². The summed E-state index contributed by atoms with van der Waals surface area (Å²) >= 11 is 0. The molecule has 2 atom stereocenters. The van der Waals surface area contributed by atoms with E-state index in [1.807, 2.05) is 35.2 Å². The Morgan fingerprint density at radius 1 is 1.22 bits per heavy atom. The van der Waals surface area contributed by atoms with Crippen LogP contribution >= 0.6 is 0 Å². The topological polar surface area (TPSA) is 53.0 Å². The van der Waals surface area contributed by atoms with Gasteiger partial charge < -0.3 is 14.7 Å². The highest BCUT2D eigenvalue weighted by molar-refractivity contribution is 5.76. The van der Waals surface area contributed by atoms with Crippen molar-refractivity contribution in [1.82, 2.24) is 9.80 Å². The van der Waals surface area contributed by atoms with E-state index in [-0.39, 0.29) is 12.0 Å². The number of β-amino-alcohol motifs (C(OH)–C–C–N with tert-alkyl or cyclic N) is 1. The summed E-state index contributed by atoms with van der Waals surface area (Å²) in [6, 6.07) is 9.74. The maximum atomic E-state index is 12.3. The number of aliphatic hydroxyl groups excluding tert-OH is 1. The Labute approximate surface area is 137 Å². The van der Waals surface area contributed by atoms with Crippen LogP contribution in [0.2, 0.25) is 0 Å². The minimum atomic E-state index is -0.467. The van der Waals surface area contributed by atoms with Gasteiger partial charge >= 0.3 is 0 Å². The summed E-state index contributed by atoms with van der Waals surface area (Å²) in [4.78, 5) is 16.4. The number of rotatable bonds is 5. The fraction of sp³-hybridized carbons (Fsp3) is 0.611. The van der Waals surface area contributed by atoms with Crippen molar-refractivity contribution in [3.63, 3.8) is 0 Å². The molecule has 1 aromatic carbocycles. The van der Waals surface area contributed by atoms with Crippen LogP contribution in [0.3, 0.4) is 0 Å². The molecule has 0 aliphatic carbocycles. The smallest absolute Gasteiger partial charge is 0.225 e. The number of nitrogens with zero attached hydrogens (tertiary/aromatic N) is 2. The average Bonchev–Trinajstić information content (AvgIpc) is 3.09. The van der Waals surface area contributed by atoms with Crippen LogP contribution in [0.1, 0.15) is 30.9 Å². The second-order valence-corrected chi connectivity index (χ2v) is 6.45. The van der Waals surface area contributed by atoms with Crippen LogP contribution in [0, 0.1) is 0 Å². The van der Waals surface area contributed by atoms with Gasteiger partial charge in [-0.2, -0.15) is 0 Å². The molecule has 0 aromatic heterocycles. The van der Waals surface area contributed by atoms with Crippen LogP contribution in [-0.2, 0) is 9.53 Å². The standard InChI is InChI=1S/C18H26N2O3/c21-17(15-5-2-1-3-6-15)14-19-8-10-20(11-9-19)18(22)13-16-7-4-12-23-16/h1-3,5-6,16-17,21H,4,7-14H2/t16-,17-/m1/s1. The largest absolute Gasteiger partial charge is 0.387 e. The Hall–Kier alpha value is -1.43. The number of hydrogen-bond donors (Lipinski definition) is 1. The zero-order valence-corrected chi connectivity index (χ0v) is 13.6. The van der Waals surface area contributed by atoms with Gasteiger partial charge in [0.15, 0.2) is 0 Å². The van der Waals surface area contributed by atoms with Gasteiger partial charge in [-0.15, -0.1) is 0 Å². The van der Waals surface area contributed by atoms with E-state index < -0.39 is 6.10 Å². The van der Waals surface area contributed by atoms with Crippen molar-refractivity contribution in [2.24, 2.45) is 0 Å². The molecule has 0 radical (unpaired) electrons. The minimum absolute atomic E-state index is 0.125. The molecule has 2 saturated heterocycles. The van der Waals surface area contributed by atoms with Crippen molar-refractivity contribution in [2.45, 2.75) is 31.5 Å². The van der Waals surface area contributed by atoms with Crippen LogP contribution < -0.4 is 0 Å². The zero-order valence-electron chi connectivity index (χ0n) is 13.6. The summed E-state index contributed by atoms with van der Waals surface area (Å²) < 4.78 is 5.55. The number of piperazine rings is 1. The Kier molecular flexibility index (Phi) is 5.65. The first-order valence-electron chi connectivity index (χ1n) is 8.57. The van der Waals surface area contributed by atoms with Crippen molar-refractivity contribution in [3.8, 4) is 0 Å². The molecule has 1 aromatic rings. The highest BCUT2D eigenvalue weighted by Gasteiger charge is 2.26. The van der Waals surface area contributed by atoms with Gasteiger partial charge in [-0.05, 0) is 18.4 Å². The number of carbonyl (C=O) groups is 1. The zero-order chi connectivity index (χ0) is 16.1. The third-order valence-corrected chi connectivity index (χ3v) is 4.77. The number of aliphatic hydroxyl groups is 1. The molecule has 126 valence electrons. The molecular weight excluding hydrogens is 292 g/mol. The SMILES string of the molecule is O=C(C[C@H]1CCCO1)N1CCN(C[C@@H](O)c2ccccc2)CC1. The predicted molar refractivity (Wildman–Crippen MR) is 88.0 cm³/mol. The quantitative estimate of drug-likeness (QED) is 0.892. The molecule has 2 aliphatic rings. The molecule has 0 unspecified atom stereocenters. The van der Waals surface area contributed by atoms with Crippen molar-refractivity contribution < 1.29 is 14.6 Å². The van der Waals surface area contributed by atoms with E-state index in [1.165, 1.54) is 0 Å². The maximum Gasteiger partial charge on any atom is 0.225 e. The van der Waals surface area contributed by atoms with E-state index in [4.69, 9.17) is 4.74 Å². The second-order valence-electron chi connectivity index (χ2n) is 6.45. The van der Waals surface area contributed by atoms with E-state index in [9.17, 15) is 9.90 Å². The number of ether oxygens (including phenoxy) is 1. The molecule has 3 rings (SSSR count). The molecular formula is C18H26N2O3. The first kappa shape index (κ1) is 16.4. The normalized spacial score (nSPS) is 23.9. The van der Waals surface area contributed by atoms with E-state index in [2.05, 4.69) is 4.90 Å². The summed E-state index contributed by atoms with van der Waals surface area (Å²) in [5, 5.41) is 10.3. The van der Waals surface area contributed by atoms with Crippen LogP contribution in [0.4, 0.5) is 0 Å². The lowest BCUT2D eigenvalue weighted by molar-refractivity contribution is -0.135. The van der Waals surface area contributed by atoms with Gasteiger partial charge in [-0.1, -0.05) is 30.3 Å². The van der Waals surface area contributed by atoms with Crippen LogP contribution in [0.25, 0.3) is 0 Å². The summed E-state index contributed by atoms with van der Waals surface area (Å²) in [7, 11) is 0. The third kappa shape index (κ3) is 4.53. The van der Waals surface area contributed by atoms with Gasteiger partial charge in [-0.3, -0.25) is 9.69 Å². The Bertz CT molecular complexity index is 494. The molecule has 2 fully saturated rings. The lowest BCUT2D eigenvalue weighted by Gasteiger charge is -2.36. The van der Waals surface area contributed by atoms with Gasteiger partial charge in [0.2, 0.25) is 5.91 Å². The molecule has 5 nitrogen and oxygen atoms in total. The van der Waals surface area contributed by atoms with Crippen LogP contribution in [0.5, 0.6) is 0 Å². The van der Waals surface area contributed by atoms with Crippen LogP contribution in [-0.4, -0.2) is 66.2 Å². The molecule has 2 aliphatic heterocycles. The fourth-order valence-corrected chi connectivity index (χ4v) is 3.33. The maximum absolute atomic E-state index is 12.3. The number of amides is 1. The first-order valence-corrected chi connectivity index (χ1v) is 8.57. The minimum Gasteiger partial charge on any atom is -0.387 e. The monoisotopic (exact) mass is 318 g/mol. The van der Waals surface area contributed by atoms with E-state index in [0.717, 1.165) is 51.2 Å². The van der Waals surface area contributed by atoms with Gasteiger partial charge in [0.1, 0.15) is 0 Å². The Morgan fingerprint density at radius 2 is 1.96 bits per heavy atom. The lowest BCUT2D eigenvalue weighted by Crippen LogP contribution is -2.50. The summed E-state index contributed by atoms with van der Waals surface area (Å²) in [6.07, 6.45) is 2.26. The van der Waals surface area contributed by atoms with Gasteiger partial charge in [-0.25, -0.2) is 0 Å². The highest BCUT2D eigenvalue weighted by Crippen LogP contribution is 2.18. The Balaban J connectivity index is 1.42. The molecule has 5 heteroatoms. The van der Waals surface area contributed by atoms with E-state index in [1.54, 1.807) is 0 Å². The average molecular weight is 318 g/mol. The third-order valence-electron chi connectivity index (χ3n) is 4.77. The molecule has 0 bridgehead atoms. The molecule has 23 heavy (non-hydrogen) atoms. The van der Waals surface area contributed by atoms with Gasteiger partial charge in [0, 0.05) is 39.3 Å². The van der Waals surface area contributed by atoms with Crippen molar-refractivity contribution in [2.75, 3.05) is 39.3 Å². The number of benzene rings is 1. The summed E-state index contributed by atoms with van der Waals surface area (Å²) in [6.45, 7) is 4.54. The molecule has 0 spiro atoms. The van der Waals surface area contributed by atoms with Gasteiger partial charge in [0.05, 0.1) is 18.6 Å². The van der Waals surface area contributed by atoms with Crippen molar-refractivity contribution in [1.29, 1.82) is 0 Å². The molecule has 0 saturated carbocycles. The number of carbonyl (C=O) groups excluding carboxylic acids is 1. The molecule has 2 heterocycles. The van der Waals surface area contributed by atoms with E-state index >= 15 is 0 Å². The first-order chi connectivity index (χ1) is 11.2. The van der Waals surface area contributed by atoms with Crippen molar-refractivity contribution in [3.05, 3.63) is 35.9 Å². The Morgan fingerprint density at radius 3 is 2.61 bits per heavy atom. The summed E-state index contributed by atoms with van der Waals surface area (Å²) in [5.41, 5.74) is 0.949. The van der Waals surface area contributed by atoms with Gasteiger partial charge in [0.25, 0.3) is 0 Å². The molecule has 1 N–H and O–H groups in total. The second kappa shape index (κ2) is 7.90. The highest BCUT2D eigenvalue weighted by atomic mass is 16.5. The van der Waals surface area contributed by atoms with E-state index in [0.29, 0.717) is 13.0 Å². The fourth-order valence-electron chi connectivity index (χ4n) is 3.33. The molecule has 1 amide bonds.